The lowest BCUT2D eigenvalue weighted by molar-refractivity contribution is -0.192. The zero-order valence-electron chi connectivity index (χ0n) is 19.8. The maximum atomic E-state index is 10.6. The summed E-state index contributed by atoms with van der Waals surface area (Å²) in [7, 11) is 1.63. The highest BCUT2D eigenvalue weighted by Crippen LogP contribution is 2.32. The molecule has 0 saturated carbocycles. The van der Waals surface area contributed by atoms with Gasteiger partial charge in [-0.2, -0.15) is 18.2 Å². The lowest BCUT2D eigenvalue weighted by Gasteiger charge is -2.25. The van der Waals surface area contributed by atoms with Gasteiger partial charge >= 0.3 is 12.1 Å². The van der Waals surface area contributed by atoms with Crippen LogP contribution < -0.4 is 15.0 Å². The summed E-state index contributed by atoms with van der Waals surface area (Å²) in [5.41, 5.74) is 2.53. The number of carboxylic acids is 1. The van der Waals surface area contributed by atoms with Gasteiger partial charge in [0.15, 0.2) is 5.75 Å². The normalized spacial score (nSPS) is 13.6. The number of hydrogen-bond acceptors (Lipinski definition) is 9. The molecule has 0 atom stereocenters. The van der Waals surface area contributed by atoms with Crippen molar-refractivity contribution in [2.24, 2.45) is 0 Å². The number of benzene rings is 2. The van der Waals surface area contributed by atoms with Crippen molar-refractivity contribution in [3.05, 3.63) is 53.4 Å². The monoisotopic (exact) mass is 595 g/mol. The lowest BCUT2D eigenvalue weighted by atomic mass is 10.2. The number of aliphatic carboxylic acids is 1. The SMILES string of the molecule is COc1c(Br)ccc2cnc(Nc3ccc(-n4cnc(N5CCOCC5)n4)cc3)nc12.O=C(O)C(F)(F)F. The van der Waals surface area contributed by atoms with E-state index in [1.807, 2.05) is 36.4 Å². The Labute approximate surface area is 222 Å². The van der Waals surface area contributed by atoms with Crippen LogP contribution in [0.1, 0.15) is 0 Å². The molecule has 5 rings (SSSR count). The van der Waals surface area contributed by atoms with Gasteiger partial charge in [-0.05, 0) is 52.3 Å². The summed E-state index contributed by atoms with van der Waals surface area (Å²) in [4.78, 5) is 24.5. The number of nitrogens with zero attached hydrogens (tertiary/aromatic N) is 6. The Kier molecular flexibility index (Phi) is 8.26. The second kappa shape index (κ2) is 11.6. The van der Waals surface area contributed by atoms with Crippen molar-refractivity contribution in [2.45, 2.75) is 6.18 Å². The average Bonchev–Trinajstić information content (AvgIpc) is 3.40. The molecule has 2 N–H and O–H groups in total. The third kappa shape index (κ3) is 6.47. The van der Waals surface area contributed by atoms with Crippen LogP contribution in [0.3, 0.4) is 0 Å². The molecule has 0 unspecified atom stereocenters. The minimum absolute atomic E-state index is 0.493. The number of nitrogens with one attached hydrogen (secondary N) is 1. The molecule has 15 heteroatoms. The second-order valence-electron chi connectivity index (χ2n) is 7.78. The molecular weight excluding hydrogens is 575 g/mol. The number of ether oxygens (including phenoxy) is 2. The first-order chi connectivity index (χ1) is 18.2. The first kappa shape index (κ1) is 27.1. The van der Waals surface area contributed by atoms with Crippen molar-refractivity contribution in [3.8, 4) is 11.4 Å². The molecule has 0 amide bonds. The van der Waals surface area contributed by atoms with Crippen LogP contribution in [-0.4, -0.2) is 75.4 Å². The predicted molar refractivity (Wildman–Crippen MR) is 135 cm³/mol. The minimum Gasteiger partial charge on any atom is -0.493 e. The number of alkyl halides is 3. The molecule has 3 heterocycles. The molecule has 1 aliphatic rings. The summed E-state index contributed by atoms with van der Waals surface area (Å²) in [6.45, 7) is 3.02. The molecule has 1 aliphatic heterocycles. The Bertz CT molecular complexity index is 1410. The van der Waals surface area contributed by atoms with E-state index in [9.17, 15) is 13.2 Å². The van der Waals surface area contributed by atoms with Gasteiger partial charge in [0.05, 0.1) is 30.5 Å². The van der Waals surface area contributed by atoms with E-state index >= 15 is 0 Å². The average molecular weight is 596 g/mol. The van der Waals surface area contributed by atoms with E-state index in [4.69, 9.17) is 19.4 Å². The summed E-state index contributed by atoms with van der Waals surface area (Å²) in [5.74, 6) is -0.866. The minimum atomic E-state index is -5.08. The van der Waals surface area contributed by atoms with Gasteiger partial charge in [-0.1, -0.05) is 0 Å². The number of halogens is 4. The fraction of sp³-hybridized carbons (Fsp3) is 0.261. The van der Waals surface area contributed by atoms with Crippen LogP contribution >= 0.6 is 15.9 Å². The fourth-order valence-electron chi connectivity index (χ4n) is 3.41. The Balaban J connectivity index is 0.000000426. The number of rotatable bonds is 5. The topological polar surface area (TPSA) is 128 Å². The van der Waals surface area contributed by atoms with Crippen LogP contribution in [0.25, 0.3) is 16.6 Å². The van der Waals surface area contributed by atoms with E-state index < -0.39 is 12.1 Å². The van der Waals surface area contributed by atoms with Gasteiger partial charge in [0, 0.05) is 30.4 Å². The van der Waals surface area contributed by atoms with Crippen LogP contribution in [-0.2, 0) is 9.53 Å². The van der Waals surface area contributed by atoms with Crippen molar-refractivity contribution < 1.29 is 32.5 Å². The highest BCUT2D eigenvalue weighted by Gasteiger charge is 2.38. The smallest absolute Gasteiger partial charge is 0.490 e. The Morgan fingerprint density at radius 2 is 1.82 bits per heavy atom. The number of fused-ring (bicyclic) bond motifs is 1. The highest BCUT2D eigenvalue weighted by atomic mass is 79.9. The molecule has 38 heavy (non-hydrogen) atoms. The summed E-state index contributed by atoms with van der Waals surface area (Å²) in [5, 5.41) is 15.9. The Hall–Kier alpha value is -3.98. The summed E-state index contributed by atoms with van der Waals surface area (Å²) < 4.78 is 45.2. The molecule has 200 valence electrons. The summed E-state index contributed by atoms with van der Waals surface area (Å²) in [6.07, 6.45) is -1.58. The molecule has 1 saturated heterocycles. The number of hydrogen-bond donors (Lipinski definition) is 2. The maximum Gasteiger partial charge on any atom is 0.490 e. The molecule has 0 aliphatic carbocycles. The van der Waals surface area contributed by atoms with E-state index in [-0.39, 0.29) is 0 Å². The van der Waals surface area contributed by atoms with E-state index in [0.717, 1.165) is 45.8 Å². The van der Waals surface area contributed by atoms with Gasteiger partial charge in [-0.25, -0.2) is 19.4 Å². The first-order valence-corrected chi connectivity index (χ1v) is 11.9. The van der Waals surface area contributed by atoms with E-state index in [0.29, 0.717) is 24.9 Å². The van der Waals surface area contributed by atoms with Gasteiger partial charge in [0.1, 0.15) is 11.8 Å². The predicted octanol–water partition coefficient (Wildman–Crippen LogP) is 4.20. The first-order valence-electron chi connectivity index (χ1n) is 11.1. The number of carboxylic acid groups (broad SMARTS) is 1. The molecule has 1 fully saturated rings. The fourth-order valence-corrected chi connectivity index (χ4v) is 3.90. The van der Waals surface area contributed by atoms with Crippen molar-refractivity contribution in [2.75, 3.05) is 43.6 Å². The largest absolute Gasteiger partial charge is 0.493 e. The van der Waals surface area contributed by atoms with Crippen molar-refractivity contribution in [1.29, 1.82) is 0 Å². The van der Waals surface area contributed by atoms with E-state index in [1.165, 1.54) is 0 Å². The zero-order valence-corrected chi connectivity index (χ0v) is 21.4. The summed E-state index contributed by atoms with van der Waals surface area (Å²) in [6, 6.07) is 11.7. The third-order valence-corrected chi connectivity index (χ3v) is 5.89. The van der Waals surface area contributed by atoms with Crippen LogP contribution in [0.15, 0.2) is 53.4 Å². The maximum absolute atomic E-state index is 10.6. The highest BCUT2D eigenvalue weighted by molar-refractivity contribution is 9.10. The lowest BCUT2D eigenvalue weighted by Crippen LogP contribution is -2.37. The molecular formula is C23H21BrF3N7O4. The van der Waals surface area contributed by atoms with Crippen LogP contribution in [0, 0.1) is 0 Å². The van der Waals surface area contributed by atoms with Gasteiger partial charge < -0.3 is 24.8 Å². The molecule has 2 aromatic heterocycles. The second-order valence-corrected chi connectivity index (χ2v) is 8.63. The van der Waals surface area contributed by atoms with Crippen LogP contribution in [0.2, 0.25) is 0 Å². The number of anilines is 3. The standard InChI is InChI=1S/C21H20BrN7O2.C2HF3O2/c1-30-19-17(22)7-2-14-12-23-20(26-18(14)19)25-15-3-5-16(6-4-15)29-13-24-21(27-29)28-8-10-31-11-9-28;3-2(4,5)1(6)7/h2-7,12-13H,8-11H2,1H3,(H,23,25,26);(H,6,7). The molecule has 4 aromatic rings. The van der Waals surface area contributed by atoms with Gasteiger partial charge in [0.25, 0.3) is 0 Å². The number of aromatic nitrogens is 5. The zero-order chi connectivity index (χ0) is 27.3. The van der Waals surface area contributed by atoms with Gasteiger partial charge in [-0.3, -0.25) is 0 Å². The van der Waals surface area contributed by atoms with Crippen molar-refractivity contribution in [1.82, 2.24) is 24.7 Å². The Morgan fingerprint density at radius 1 is 1.13 bits per heavy atom. The number of morpholine rings is 1. The van der Waals surface area contributed by atoms with Gasteiger partial charge in [-0.15, -0.1) is 5.10 Å². The third-order valence-electron chi connectivity index (χ3n) is 5.27. The molecule has 0 bridgehead atoms. The molecule has 2 aromatic carbocycles. The summed E-state index contributed by atoms with van der Waals surface area (Å²) >= 11 is 3.50. The van der Waals surface area contributed by atoms with E-state index in [1.54, 1.807) is 24.3 Å². The molecule has 0 spiro atoms. The number of methoxy groups -OCH3 is 1. The van der Waals surface area contributed by atoms with Crippen LogP contribution in [0.5, 0.6) is 5.75 Å². The van der Waals surface area contributed by atoms with Gasteiger partial charge in [0.2, 0.25) is 11.9 Å². The molecule has 11 nitrogen and oxygen atoms in total. The molecule has 0 radical (unpaired) electrons. The quantitative estimate of drug-likeness (QED) is 0.346. The van der Waals surface area contributed by atoms with Crippen LogP contribution in [0.4, 0.5) is 30.8 Å². The van der Waals surface area contributed by atoms with Crippen molar-refractivity contribution in [3.63, 3.8) is 0 Å². The Morgan fingerprint density at radius 3 is 2.45 bits per heavy atom. The van der Waals surface area contributed by atoms with Crippen molar-refractivity contribution >= 4 is 50.4 Å². The van der Waals surface area contributed by atoms with E-state index in [2.05, 4.69) is 46.2 Å². The number of carbonyl (C=O) groups is 1.